The largest absolute Gasteiger partial charge is 0.340 e. The average Bonchev–Trinajstić information content (AvgIpc) is 0.763. The van der Waals surface area contributed by atoms with Crippen LogP contribution in [-0.2, 0) is 13.7 Å². The molecule has 0 aromatic heterocycles. The Morgan fingerprint density at radius 3 is 1.09 bits per heavy atom. The SMILES string of the molecule is CCOP(C)(=O)C(C(=O)c1cc2ccccc2cc1C(=O)N(C)C1CCN(C(=O)c2ccc3ccccc3c2)CC1)c1cccc2ccccc12.CN(C(=O)c1cc2ccccc2cc1C(=O)C(c1cccc2ccccc12)P(=O)(O)O)C1CCN(C(=O)c2ccc3ccccc3c2)CC1. The molecular formula is C83H76N4O11P2. The third-order valence-corrected chi connectivity index (χ3v) is 23.3. The van der Waals surface area contributed by atoms with Crippen LogP contribution in [0.15, 0.2) is 243 Å². The number of hydrogen-bond donors (Lipinski definition) is 2. The molecule has 0 bridgehead atoms. The Kier molecular flexibility index (Phi) is 19.7. The molecule has 2 N–H and O–H groups in total. The standard InChI is InChI=1S/C43H41N2O5P.C40H35N2O6P/c1-4-50-51(3,49)41(37-19-11-17-30-13-9-10-18-36(30)37)40(46)38-27-32-15-7-8-16-33(32)28-39(38)43(48)44(2)35-22-24-45(25-23-35)42(47)34-21-20-29-12-5-6-14-31(29)26-34;1-41(32-19-21-42(22-20-32)39(44)31-18-17-26-9-2-3-11-28(26)23-31)40(45)36-25-30-13-5-4-12-29(30)24-35(36)37(43)38(49(46,47)48)34-16-8-14-27-10-6-7-15-33(27)34/h5-21,26-28,35,41H,4,22-25H2,1-3H3;2-18,23-25,32,38H,19-22H2,1H3,(H2,46,47,48). The first-order chi connectivity index (χ1) is 48.3. The second-order valence-corrected chi connectivity index (χ2v) is 30.4. The van der Waals surface area contributed by atoms with Crippen molar-refractivity contribution in [2.24, 2.45) is 0 Å². The summed E-state index contributed by atoms with van der Waals surface area (Å²) in [5.41, 5.74) is -0.317. The molecule has 0 spiro atoms. The topological polar surface area (TPSA) is 199 Å². The number of benzene rings is 12. The van der Waals surface area contributed by atoms with Crippen molar-refractivity contribution in [2.45, 2.75) is 56.0 Å². The lowest BCUT2D eigenvalue weighted by Crippen LogP contribution is -2.47. The minimum Gasteiger partial charge on any atom is -0.339 e. The number of ketones is 2. The van der Waals surface area contributed by atoms with Gasteiger partial charge in [0.05, 0.1) is 17.7 Å². The number of carbonyl (C=O) groups excluding carboxylic acids is 6. The van der Waals surface area contributed by atoms with Gasteiger partial charge < -0.3 is 33.9 Å². The quantitative estimate of drug-likeness (QED) is 0.0689. The summed E-state index contributed by atoms with van der Waals surface area (Å²) in [6.45, 7) is 5.39. The van der Waals surface area contributed by atoms with E-state index in [0.717, 1.165) is 53.9 Å². The number of likely N-dealkylation sites (tertiary alicyclic amines) is 2. The monoisotopic (exact) mass is 1370 g/mol. The number of Topliss-reactive ketones (excluding diaryl/α,β-unsaturated/α-hetero) is 2. The second-order valence-electron chi connectivity index (χ2n) is 26.1. The van der Waals surface area contributed by atoms with Crippen molar-refractivity contribution in [3.8, 4) is 0 Å². The summed E-state index contributed by atoms with van der Waals surface area (Å²) >= 11 is 0. The maximum atomic E-state index is 14.9. The van der Waals surface area contributed by atoms with E-state index in [-0.39, 0.29) is 64.2 Å². The van der Waals surface area contributed by atoms with Crippen molar-refractivity contribution in [1.29, 1.82) is 0 Å². The number of amides is 4. The van der Waals surface area contributed by atoms with E-state index in [1.165, 1.54) is 6.66 Å². The molecule has 2 aliphatic heterocycles. The molecule has 0 aliphatic carbocycles. The molecule has 17 heteroatoms. The van der Waals surface area contributed by atoms with E-state index in [1.807, 2.05) is 193 Å². The van der Waals surface area contributed by atoms with Gasteiger partial charge in [0.2, 0.25) is 7.37 Å². The van der Waals surface area contributed by atoms with Crippen molar-refractivity contribution in [1.82, 2.24) is 19.6 Å². The van der Waals surface area contributed by atoms with Gasteiger partial charge >= 0.3 is 7.60 Å². The highest BCUT2D eigenvalue weighted by molar-refractivity contribution is 7.59. The number of rotatable bonds is 16. The van der Waals surface area contributed by atoms with Crippen LogP contribution >= 0.6 is 15.0 Å². The number of fused-ring (bicyclic) bond motifs is 6. The lowest BCUT2D eigenvalue weighted by atomic mass is 9.91. The molecule has 12 aromatic rings. The molecule has 2 aliphatic rings. The summed E-state index contributed by atoms with van der Waals surface area (Å²) in [7, 11) is -5.18. The normalized spacial score (nSPS) is 15.1. The van der Waals surface area contributed by atoms with Gasteiger partial charge in [-0.2, -0.15) is 0 Å². The highest BCUT2D eigenvalue weighted by atomic mass is 31.2. The van der Waals surface area contributed by atoms with Crippen molar-refractivity contribution >= 4 is 115 Å². The fraction of sp³-hybridized carbons (Fsp3) is 0.205. The Morgan fingerprint density at radius 1 is 0.410 bits per heavy atom. The minimum atomic E-state index is -5.05. The third kappa shape index (κ3) is 13.9. The van der Waals surface area contributed by atoms with Gasteiger partial charge in [-0.15, -0.1) is 0 Å². The molecule has 3 unspecified atom stereocenters. The van der Waals surface area contributed by atoms with E-state index in [4.69, 9.17) is 4.52 Å². The summed E-state index contributed by atoms with van der Waals surface area (Å²) in [4.78, 5) is 113. The molecule has 2 saturated heterocycles. The smallest absolute Gasteiger partial charge is 0.339 e. The van der Waals surface area contributed by atoms with Gasteiger partial charge in [-0.05, 0) is 157 Å². The molecule has 15 nitrogen and oxygen atoms in total. The zero-order valence-corrected chi connectivity index (χ0v) is 57.8. The molecule has 0 radical (unpaired) electrons. The second kappa shape index (κ2) is 28.9. The molecule has 3 atom stereocenters. The van der Waals surface area contributed by atoms with E-state index in [9.17, 15) is 47.7 Å². The molecule has 4 amide bonds. The summed E-state index contributed by atoms with van der Waals surface area (Å²) in [5, 5.41) is 10.2. The molecule has 2 fully saturated rings. The number of carbonyl (C=O) groups is 6. The van der Waals surface area contributed by atoms with E-state index in [1.54, 1.807) is 90.3 Å². The van der Waals surface area contributed by atoms with Gasteiger partial charge in [0, 0.05) is 81.3 Å². The summed E-state index contributed by atoms with van der Waals surface area (Å²) in [6, 6.07) is 74.2. The number of piperidine rings is 2. The van der Waals surface area contributed by atoms with Crippen LogP contribution in [0.5, 0.6) is 0 Å². The van der Waals surface area contributed by atoms with Crippen LogP contribution in [0.4, 0.5) is 0 Å². The van der Waals surface area contributed by atoms with Crippen LogP contribution in [0.2, 0.25) is 0 Å². The highest BCUT2D eigenvalue weighted by Crippen LogP contribution is 2.60. The van der Waals surface area contributed by atoms with Crippen LogP contribution in [0.1, 0.15) is 117 Å². The number of nitrogens with zero attached hydrogens (tertiary/aromatic N) is 4. The zero-order valence-electron chi connectivity index (χ0n) is 56.0. The third-order valence-electron chi connectivity index (χ3n) is 19.9. The van der Waals surface area contributed by atoms with Gasteiger partial charge in [0.15, 0.2) is 11.6 Å². The fourth-order valence-corrected chi connectivity index (χ4v) is 17.6. The van der Waals surface area contributed by atoms with Crippen molar-refractivity contribution in [3.63, 3.8) is 0 Å². The van der Waals surface area contributed by atoms with E-state index < -0.39 is 43.8 Å². The van der Waals surface area contributed by atoms with Gasteiger partial charge in [-0.1, -0.05) is 194 Å². The van der Waals surface area contributed by atoms with Crippen molar-refractivity contribution in [2.75, 3.05) is 53.5 Å². The Labute approximate surface area is 580 Å². The lowest BCUT2D eigenvalue weighted by Gasteiger charge is -2.37. The molecule has 14 rings (SSSR count). The molecule has 2 heterocycles. The molecule has 12 aromatic carbocycles. The molecule has 100 heavy (non-hydrogen) atoms. The molecular weight excluding hydrogens is 1290 g/mol. The summed E-state index contributed by atoms with van der Waals surface area (Å²) in [5.74, 6) is -2.02. The Morgan fingerprint density at radius 2 is 0.720 bits per heavy atom. The van der Waals surface area contributed by atoms with Crippen LogP contribution in [-0.4, -0.2) is 130 Å². The average molecular weight is 1370 g/mol. The fourth-order valence-electron chi connectivity index (χ4n) is 14.6. The van der Waals surface area contributed by atoms with Gasteiger partial charge in [0.25, 0.3) is 23.6 Å². The molecule has 504 valence electrons. The first-order valence-electron chi connectivity index (χ1n) is 33.7. The first-order valence-corrected chi connectivity index (χ1v) is 37.5. The predicted octanol–water partition coefficient (Wildman–Crippen LogP) is 17.0. The molecule has 0 saturated carbocycles. The Balaban J connectivity index is 0.000000179. The maximum Gasteiger partial charge on any atom is 0.340 e. The van der Waals surface area contributed by atoms with Gasteiger partial charge in [0.1, 0.15) is 11.3 Å². The van der Waals surface area contributed by atoms with Crippen LogP contribution in [0.3, 0.4) is 0 Å². The van der Waals surface area contributed by atoms with Gasteiger partial charge in [-0.25, -0.2) is 0 Å². The van der Waals surface area contributed by atoms with Crippen LogP contribution < -0.4 is 0 Å². The van der Waals surface area contributed by atoms with Crippen molar-refractivity contribution in [3.05, 3.63) is 287 Å². The van der Waals surface area contributed by atoms with Crippen LogP contribution in [0.25, 0.3) is 64.6 Å². The predicted molar refractivity (Wildman–Crippen MR) is 397 cm³/mol. The minimum absolute atomic E-state index is 0.0200. The number of hydrogen-bond acceptors (Lipinski definition) is 9. The lowest BCUT2D eigenvalue weighted by molar-refractivity contribution is 0.0555. The summed E-state index contributed by atoms with van der Waals surface area (Å²) < 4.78 is 33.4. The first kappa shape index (κ1) is 68.3. The Hall–Kier alpha value is -10.2. The van der Waals surface area contributed by atoms with Crippen molar-refractivity contribution < 1.29 is 52.2 Å². The highest BCUT2D eigenvalue weighted by Gasteiger charge is 2.43. The Bertz CT molecular complexity index is 5300. The van der Waals surface area contributed by atoms with E-state index >= 15 is 0 Å². The van der Waals surface area contributed by atoms with Gasteiger partial charge in [-0.3, -0.25) is 37.9 Å². The van der Waals surface area contributed by atoms with E-state index in [2.05, 4.69) is 0 Å². The van der Waals surface area contributed by atoms with E-state index in [0.29, 0.717) is 79.3 Å². The maximum absolute atomic E-state index is 14.9. The van der Waals surface area contributed by atoms with Crippen LogP contribution in [0, 0.1) is 0 Å². The zero-order chi connectivity index (χ0) is 70.0. The summed E-state index contributed by atoms with van der Waals surface area (Å²) in [6.07, 6.45) is 2.29.